The Labute approximate surface area is 136 Å². The van der Waals surface area contributed by atoms with E-state index >= 15 is 0 Å². The molecule has 1 aromatic heterocycles. The number of nitrogens with zero attached hydrogens (tertiary/aromatic N) is 2. The molecular formula is C17H13N3O4. The molecule has 0 bridgehead atoms. The second-order valence-corrected chi connectivity index (χ2v) is 5.75. The Morgan fingerprint density at radius 3 is 2.62 bits per heavy atom. The number of anilines is 1. The lowest BCUT2D eigenvalue weighted by molar-refractivity contribution is -0.497. The Balaban J connectivity index is 1.48. The van der Waals surface area contributed by atoms with Crippen LogP contribution in [0.2, 0.25) is 0 Å². The van der Waals surface area contributed by atoms with Crippen LogP contribution in [0.1, 0.15) is 6.42 Å². The minimum atomic E-state index is -0.746. The van der Waals surface area contributed by atoms with Crippen molar-refractivity contribution in [3.8, 4) is 11.5 Å². The number of oxazole rings is 1. The van der Waals surface area contributed by atoms with Crippen molar-refractivity contribution in [2.75, 3.05) is 5.32 Å². The second-order valence-electron chi connectivity index (χ2n) is 5.75. The van der Waals surface area contributed by atoms with Gasteiger partial charge in [-0.1, -0.05) is 12.1 Å². The van der Waals surface area contributed by atoms with E-state index in [1.54, 1.807) is 24.3 Å². The third-order valence-corrected chi connectivity index (χ3v) is 4.06. The summed E-state index contributed by atoms with van der Waals surface area (Å²) < 4.78 is 5.69. The monoisotopic (exact) mass is 323 g/mol. The SMILES string of the molecule is O=C(Nc1ccc(-c2nc3ccccc3o2)cc1)C1CC1[N+](=O)[O-]. The minimum absolute atomic E-state index is 0.305. The third-order valence-electron chi connectivity index (χ3n) is 4.06. The lowest BCUT2D eigenvalue weighted by Gasteiger charge is -2.04. The highest BCUT2D eigenvalue weighted by Crippen LogP contribution is 2.34. The molecule has 2 atom stereocenters. The molecule has 1 aliphatic rings. The van der Waals surface area contributed by atoms with Crippen molar-refractivity contribution in [3.63, 3.8) is 0 Å². The molecule has 7 nitrogen and oxygen atoms in total. The molecule has 3 aromatic rings. The van der Waals surface area contributed by atoms with Crippen molar-refractivity contribution in [1.82, 2.24) is 4.98 Å². The highest BCUT2D eigenvalue weighted by molar-refractivity contribution is 5.95. The van der Waals surface area contributed by atoms with Gasteiger partial charge in [-0.25, -0.2) is 4.98 Å². The lowest BCUT2D eigenvalue weighted by atomic mass is 10.2. The quantitative estimate of drug-likeness (QED) is 0.587. The van der Waals surface area contributed by atoms with Gasteiger partial charge in [0.05, 0.1) is 0 Å². The average molecular weight is 323 g/mol. The largest absolute Gasteiger partial charge is 0.436 e. The fraction of sp³-hybridized carbons (Fsp3) is 0.176. The maximum atomic E-state index is 11.9. The Kier molecular flexibility index (Phi) is 3.26. The first-order valence-electron chi connectivity index (χ1n) is 7.52. The van der Waals surface area contributed by atoms with Gasteiger partial charge in [-0.15, -0.1) is 0 Å². The molecule has 0 radical (unpaired) electrons. The zero-order valence-corrected chi connectivity index (χ0v) is 12.5. The molecule has 0 saturated heterocycles. The molecule has 1 fully saturated rings. The van der Waals surface area contributed by atoms with Crippen LogP contribution in [-0.4, -0.2) is 21.9 Å². The first-order valence-corrected chi connectivity index (χ1v) is 7.52. The normalized spacial score (nSPS) is 19.2. The third kappa shape index (κ3) is 2.60. The molecule has 4 rings (SSSR count). The van der Waals surface area contributed by atoms with Gasteiger partial charge in [0.15, 0.2) is 5.58 Å². The molecule has 2 unspecified atom stereocenters. The fourth-order valence-corrected chi connectivity index (χ4v) is 2.62. The Morgan fingerprint density at radius 1 is 1.21 bits per heavy atom. The number of nitro groups is 1. The first kappa shape index (κ1) is 14.4. The van der Waals surface area contributed by atoms with Gasteiger partial charge in [-0.2, -0.15) is 0 Å². The zero-order chi connectivity index (χ0) is 16.7. The maximum absolute atomic E-state index is 11.9. The number of benzene rings is 2. The van der Waals surface area contributed by atoms with Gasteiger partial charge in [0.25, 0.3) is 0 Å². The van der Waals surface area contributed by atoms with E-state index in [9.17, 15) is 14.9 Å². The van der Waals surface area contributed by atoms with E-state index in [-0.39, 0.29) is 5.91 Å². The highest BCUT2D eigenvalue weighted by Gasteiger charge is 2.53. The van der Waals surface area contributed by atoms with E-state index in [0.29, 0.717) is 23.6 Å². The topological polar surface area (TPSA) is 98.3 Å². The summed E-state index contributed by atoms with van der Waals surface area (Å²) in [6.45, 7) is 0. The Morgan fingerprint density at radius 2 is 1.96 bits per heavy atom. The number of para-hydroxylation sites is 2. The van der Waals surface area contributed by atoms with E-state index in [4.69, 9.17) is 4.42 Å². The molecule has 1 heterocycles. The van der Waals surface area contributed by atoms with Crippen LogP contribution in [0, 0.1) is 16.0 Å². The number of aromatic nitrogens is 1. The van der Waals surface area contributed by atoms with Crippen molar-refractivity contribution in [2.24, 2.45) is 5.92 Å². The summed E-state index contributed by atoms with van der Waals surface area (Å²) in [7, 11) is 0. The van der Waals surface area contributed by atoms with Crippen LogP contribution in [-0.2, 0) is 4.79 Å². The van der Waals surface area contributed by atoms with Crippen LogP contribution >= 0.6 is 0 Å². The van der Waals surface area contributed by atoms with Crippen LogP contribution in [0.25, 0.3) is 22.6 Å². The molecule has 1 N–H and O–H groups in total. The van der Waals surface area contributed by atoms with Gasteiger partial charge in [-0.05, 0) is 36.4 Å². The molecule has 120 valence electrons. The summed E-state index contributed by atoms with van der Waals surface area (Å²) >= 11 is 0. The molecule has 0 spiro atoms. The summed E-state index contributed by atoms with van der Waals surface area (Å²) in [5, 5.41) is 13.3. The Bertz CT molecular complexity index is 899. The predicted octanol–water partition coefficient (Wildman–Crippen LogP) is 3.10. The molecule has 1 amide bonds. The minimum Gasteiger partial charge on any atom is -0.436 e. The molecule has 7 heteroatoms. The van der Waals surface area contributed by atoms with Gasteiger partial charge in [-0.3, -0.25) is 14.9 Å². The number of carbonyl (C=O) groups excluding carboxylic acids is 1. The van der Waals surface area contributed by atoms with Crippen LogP contribution in [0.15, 0.2) is 52.9 Å². The zero-order valence-electron chi connectivity index (χ0n) is 12.5. The number of hydrogen-bond donors (Lipinski definition) is 1. The second kappa shape index (κ2) is 5.45. The van der Waals surface area contributed by atoms with Crippen LogP contribution < -0.4 is 5.32 Å². The van der Waals surface area contributed by atoms with E-state index in [1.165, 1.54) is 0 Å². The van der Waals surface area contributed by atoms with Gasteiger partial charge in [0, 0.05) is 22.6 Å². The maximum Gasteiger partial charge on any atom is 0.234 e. The summed E-state index contributed by atoms with van der Waals surface area (Å²) in [5.74, 6) is -0.340. The molecule has 2 aromatic carbocycles. The first-order chi connectivity index (χ1) is 11.6. The summed E-state index contributed by atoms with van der Waals surface area (Å²) in [5.41, 5.74) is 2.88. The van der Waals surface area contributed by atoms with Crippen LogP contribution in [0.4, 0.5) is 5.69 Å². The standard InChI is InChI=1S/C17H13N3O4/c21-16(12-9-14(12)20(22)23)18-11-7-5-10(6-8-11)17-19-13-3-1-2-4-15(13)24-17/h1-8,12,14H,9H2,(H,18,21). The van der Waals surface area contributed by atoms with E-state index in [1.807, 2.05) is 24.3 Å². The van der Waals surface area contributed by atoms with E-state index < -0.39 is 16.9 Å². The van der Waals surface area contributed by atoms with Gasteiger partial charge in [0.1, 0.15) is 11.4 Å². The fourth-order valence-electron chi connectivity index (χ4n) is 2.62. The van der Waals surface area contributed by atoms with Crippen molar-refractivity contribution in [3.05, 3.63) is 58.6 Å². The van der Waals surface area contributed by atoms with Crippen molar-refractivity contribution in [2.45, 2.75) is 12.5 Å². The highest BCUT2D eigenvalue weighted by atomic mass is 16.6. The summed E-state index contributed by atoms with van der Waals surface area (Å²) in [6, 6.07) is 13.8. The number of fused-ring (bicyclic) bond motifs is 1. The summed E-state index contributed by atoms with van der Waals surface area (Å²) in [6.07, 6.45) is 0.305. The van der Waals surface area contributed by atoms with Crippen molar-refractivity contribution >= 4 is 22.7 Å². The molecule has 1 aliphatic carbocycles. The Hall–Kier alpha value is -3.22. The molecule has 1 saturated carbocycles. The van der Waals surface area contributed by atoms with Crippen molar-refractivity contribution in [1.29, 1.82) is 0 Å². The summed E-state index contributed by atoms with van der Waals surface area (Å²) in [4.78, 5) is 26.5. The number of carbonyl (C=O) groups is 1. The lowest BCUT2D eigenvalue weighted by Crippen LogP contribution is -2.18. The number of amides is 1. The number of hydrogen-bond acceptors (Lipinski definition) is 5. The van der Waals surface area contributed by atoms with E-state index in [2.05, 4.69) is 10.3 Å². The molecule has 0 aliphatic heterocycles. The predicted molar refractivity (Wildman–Crippen MR) is 87.0 cm³/mol. The van der Waals surface area contributed by atoms with Crippen LogP contribution in [0.3, 0.4) is 0 Å². The molecule has 24 heavy (non-hydrogen) atoms. The van der Waals surface area contributed by atoms with Gasteiger partial charge >= 0.3 is 0 Å². The van der Waals surface area contributed by atoms with Gasteiger partial charge in [0.2, 0.25) is 17.8 Å². The number of rotatable bonds is 4. The number of nitrogens with one attached hydrogen (secondary N) is 1. The van der Waals surface area contributed by atoms with Gasteiger partial charge < -0.3 is 9.73 Å². The molecular weight excluding hydrogens is 310 g/mol. The van der Waals surface area contributed by atoms with E-state index in [0.717, 1.165) is 11.1 Å². The average Bonchev–Trinajstić information content (AvgIpc) is 3.28. The smallest absolute Gasteiger partial charge is 0.234 e. The van der Waals surface area contributed by atoms with Crippen molar-refractivity contribution < 1.29 is 14.1 Å². The van der Waals surface area contributed by atoms with Crippen LogP contribution in [0.5, 0.6) is 0 Å².